The third-order valence-corrected chi connectivity index (χ3v) is 4.84. The Balaban J connectivity index is 2.82. The van der Waals surface area contributed by atoms with E-state index < -0.39 is 26.1 Å². The van der Waals surface area contributed by atoms with Gasteiger partial charge in [0.2, 0.25) is 9.84 Å². The van der Waals surface area contributed by atoms with Crippen molar-refractivity contribution in [2.75, 3.05) is 0 Å². The van der Waals surface area contributed by atoms with E-state index in [1.165, 1.54) is 6.07 Å². The SMILES string of the molecule is CC(C)c1cccc2c1[C@@H](O)C(F)(F)S2(=O)=O. The molecule has 1 aliphatic heterocycles. The zero-order valence-corrected chi connectivity index (χ0v) is 10.1. The molecule has 1 aliphatic rings. The molecule has 1 atom stereocenters. The van der Waals surface area contributed by atoms with Gasteiger partial charge in [-0.3, -0.25) is 0 Å². The maximum Gasteiger partial charge on any atom is 0.379 e. The fourth-order valence-corrected chi connectivity index (χ4v) is 3.53. The Hall–Kier alpha value is -1.01. The molecule has 0 amide bonds. The van der Waals surface area contributed by atoms with Crippen molar-refractivity contribution in [3.05, 3.63) is 29.3 Å². The molecule has 6 heteroatoms. The summed E-state index contributed by atoms with van der Waals surface area (Å²) in [5, 5.41) is 5.41. The number of alkyl halides is 2. The Kier molecular flexibility index (Phi) is 2.56. The normalized spacial score (nSPS) is 24.9. The molecule has 0 unspecified atom stereocenters. The van der Waals surface area contributed by atoms with Crippen molar-refractivity contribution in [1.29, 1.82) is 0 Å². The first-order valence-electron chi connectivity index (χ1n) is 5.14. The van der Waals surface area contributed by atoms with Crippen LogP contribution in [-0.2, 0) is 9.84 Å². The monoisotopic (exact) mass is 262 g/mol. The van der Waals surface area contributed by atoms with E-state index in [0.717, 1.165) is 6.07 Å². The highest BCUT2D eigenvalue weighted by atomic mass is 32.2. The van der Waals surface area contributed by atoms with Crippen LogP contribution in [-0.4, -0.2) is 18.8 Å². The fraction of sp³-hybridized carbons (Fsp3) is 0.455. The minimum Gasteiger partial charge on any atom is -0.381 e. The first-order valence-corrected chi connectivity index (χ1v) is 6.63. The molecule has 1 N–H and O–H groups in total. The van der Waals surface area contributed by atoms with Gasteiger partial charge in [-0.1, -0.05) is 26.0 Å². The summed E-state index contributed by atoms with van der Waals surface area (Å²) in [4.78, 5) is -0.457. The first-order chi connectivity index (χ1) is 7.71. The number of sulfone groups is 1. The summed E-state index contributed by atoms with van der Waals surface area (Å²) in [6, 6.07) is 4.09. The molecule has 17 heavy (non-hydrogen) atoms. The van der Waals surface area contributed by atoms with Gasteiger partial charge in [-0.25, -0.2) is 8.42 Å². The number of halogens is 2. The molecule has 1 heterocycles. The molecule has 0 saturated carbocycles. The molecule has 0 spiro atoms. The van der Waals surface area contributed by atoms with Gasteiger partial charge in [0.25, 0.3) is 0 Å². The first kappa shape index (κ1) is 12.4. The quantitative estimate of drug-likeness (QED) is 0.844. The number of rotatable bonds is 1. The van der Waals surface area contributed by atoms with Gasteiger partial charge in [-0.2, -0.15) is 8.78 Å². The average Bonchev–Trinajstić information content (AvgIpc) is 2.38. The molecule has 2 rings (SSSR count). The Bertz CT molecular complexity index is 564. The van der Waals surface area contributed by atoms with E-state index in [2.05, 4.69) is 0 Å². The lowest BCUT2D eigenvalue weighted by molar-refractivity contribution is -0.0380. The van der Waals surface area contributed by atoms with Gasteiger partial charge >= 0.3 is 5.25 Å². The number of fused-ring (bicyclic) bond motifs is 1. The number of benzene rings is 1. The predicted molar refractivity (Wildman–Crippen MR) is 57.6 cm³/mol. The number of aliphatic hydroxyl groups excluding tert-OH is 1. The molecule has 0 bridgehead atoms. The second-order valence-electron chi connectivity index (χ2n) is 4.38. The molecule has 0 aliphatic carbocycles. The van der Waals surface area contributed by atoms with Crippen LogP contribution in [0.1, 0.15) is 37.0 Å². The Labute approximate surface area is 98.0 Å². The Morgan fingerprint density at radius 2 is 1.94 bits per heavy atom. The maximum absolute atomic E-state index is 13.5. The van der Waals surface area contributed by atoms with Crippen molar-refractivity contribution in [2.45, 2.75) is 36.0 Å². The van der Waals surface area contributed by atoms with Crippen molar-refractivity contribution >= 4 is 9.84 Å². The van der Waals surface area contributed by atoms with E-state index in [4.69, 9.17) is 0 Å². The second kappa shape index (κ2) is 3.49. The summed E-state index contributed by atoms with van der Waals surface area (Å²) < 4.78 is 50.2. The van der Waals surface area contributed by atoms with Crippen molar-refractivity contribution in [2.24, 2.45) is 0 Å². The third-order valence-electron chi connectivity index (χ3n) is 2.96. The Morgan fingerprint density at radius 3 is 2.47 bits per heavy atom. The van der Waals surface area contributed by atoms with Crippen LogP contribution in [0.25, 0.3) is 0 Å². The third kappa shape index (κ3) is 1.43. The molecular formula is C11H12F2O3S. The van der Waals surface area contributed by atoms with Crippen molar-refractivity contribution in [3.8, 4) is 0 Å². The molecule has 0 radical (unpaired) electrons. The van der Waals surface area contributed by atoms with Crippen LogP contribution < -0.4 is 0 Å². The van der Waals surface area contributed by atoms with Gasteiger partial charge in [-0.15, -0.1) is 0 Å². The van der Waals surface area contributed by atoms with E-state index in [1.807, 2.05) is 0 Å². The highest BCUT2D eigenvalue weighted by Gasteiger charge is 2.60. The van der Waals surface area contributed by atoms with Crippen LogP contribution in [0.2, 0.25) is 0 Å². The van der Waals surface area contributed by atoms with Gasteiger partial charge in [-0.05, 0) is 17.5 Å². The molecule has 0 aromatic heterocycles. The van der Waals surface area contributed by atoms with E-state index in [9.17, 15) is 22.3 Å². The van der Waals surface area contributed by atoms with Gasteiger partial charge in [0.05, 0.1) is 4.90 Å². The smallest absolute Gasteiger partial charge is 0.379 e. The molecule has 0 saturated heterocycles. The zero-order chi connectivity index (χ0) is 13.0. The lowest BCUT2D eigenvalue weighted by Crippen LogP contribution is -2.28. The van der Waals surface area contributed by atoms with Gasteiger partial charge in [0.1, 0.15) is 0 Å². The van der Waals surface area contributed by atoms with Gasteiger partial charge in [0, 0.05) is 5.56 Å². The zero-order valence-electron chi connectivity index (χ0n) is 9.31. The predicted octanol–water partition coefficient (Wildman–Crippen LogP) is 2.22. The minimum atomic E-state index is -4.77. The van der Waals surface area contributed by atoms with Crippen LogP contribution in [0.5, 0.6) is 0 Å². The van der Waals surface area contributed by atoms with E-state index >= 15 is 0 Å². The summed E-state index contributed by atoms with van der Waals surface area (Å²) in [7, 11) is -4.77. The van der Waals surface area contributed by atoms with Crippen LogP contribution >= 0.6 is 0 Å². The number of hydrogen-bond donors (Lipinski definition) is 1. The van der Waals surface area contributed by atoms with Crippen LogP contribution in [0, 0.1) is 0 Å². The van der Waals surface area contributed by atoms with Crippen molar-refractivity contribution in [1.82, 2.24) is 0 Å². The summed E-state index contributed by atoms with van der Waals surface area (Å²) in [5.74, 6) is -0.135. The fourth-order valence-electron chi connectivity index (χ4n) is 2.05. The summed E-state index contributed by atoms with van der Waals surface area (Å²) in [5.41, 5.74) is 0.281. The topological polar surface area (TPSA) is 54.4 Å². The standard InChI is InChI=1S/C11H12F2O3S/c1-6(2)7-4-3-5-8-9(7)10(14)11(12,13)17(8,15)16/h3-6,10,14H,1-2H3/t10-/m1/s1. The van der Waals surface area contributed by atoms with Crippen LogP contribution in [0.4, 0.5) is 8.78 Å². The second-order valence-corrected chi connectivity index (χ2v) is 6.37. The lowest BCUT2D eigenvalue weighted by Gasteiger charge is -2.15. The largest absolute Gasteiger partial charge is 0.381 e. The van der Waals surface area contributed by atoms with Crippen molar-refractivity contribution < 1.29 is 22.3 Å². The summed E-state index contributed by atoms with van der Waals surface area (Å²) in [6.07, 6.45) is -2.28. The van der Waals surface area contributed by atoms with Crippen LogP contribution in [0.15, 0.2) is 23.1 Å². The number of aliphatic hydroxyl groups is 1. The lowest BCUT2D eigenvalue weighted by atomic mass is 9.94. The Morgan fingerprint density at radius 1 is 1.35 bits per heavy atom. The molecular weight excluding hydrogens is 250 g/mol. The van der Waals surface area contributed by atoms with Crippen molar-refractivity contribution in [3.63, 3.8) is 0 Å². The molecule has 94 valence electrons. The van der Waals surface area contributed by atoms with E-state index in [-0.39, 0.29) is 11.5 Å². The maximum atomic E-state index is 13.5. The van der Waals surface area contributed by atoms with Gasteiger partial charge in [0.15, 0.2) is 6.10 Å². The molecule has 1 aromatic rings. The summed E-state index contributed by atoms with van der Waals surface area (Å²) >= 11 is 0. The highest BCUT2D eigenvalue weighted by molar-refractivity contribution is 7.92. The highest BCUT2D eigenvalue weighted by Crippen LogP contribution is 2.50. The van der Waals surface area contributed by atoms with Crippen LogP contribution in [0.3, 0.4) is 0 Å². The summed E-state index contributed by atoms with van der Waals surface area (Å²) in [6.45, 7) is 3.51. The molecule has 3 nitrogen and oxygen atoms in total. The average molecular weight is 262 g/mol. The van der Waals surface area contributed by atoms with E-state index in [0.29, 0.717) is 5.56 Å². The molecule has 0 fully saturated rings. The minimum absolute atomic E-state index is 0.135. The van der Waals surface area contributed by atoms with Gasteiger partial charge < -0.3 is 5.11 Å². The number of hydrogen-bond acceptors (Lipinski definition) is 3. The molecule has 1 aromatic carbocycles. The van der Waals surface area contributed by atoms with E-state index in [1.54, 1.807) is 19.9 Å².